The fourth-order valence-corrected chi connectivity index (χ4v) is 3.85. The largest absolute Gasteiger partial charge is 0.348 e. The Morgan fingerprint density at radius 2 is 1.59 bits per heavy atom. The van der Waals surface area contributed by atoms with Gasteiger partial charge in [0, 0.05) is 18.7 Å². The molecular weight excluding hydrogens is 394 g/mol. The van der Waals surface area contributed by atoms with Gasteiger partial charge in [0.15, 0.2) is 0 Å². The van der Waals surface area contributed by atoms with Crippen molar-refractivity contribution >= 4 is 16.7 Å². The summed E-state index contributed by atoms with van der Waals surface area (Å²) in [6.45, 7) is 1.37. The van der Waals surface area contributed by atoms with E-state index >= 15 is 0 Å². The van der Waals surface area contributed by atoms with E-state index in [4.69, 9.17) is 5.26 Å². The summed E-state index contributed by atoms with van der Waals surface area (Å²) in [5.74, 6) is -0.0994. The van der Waals surface area contributed by atoms with Gasteiger partial charge in [0.05, 0.1) is 11.6 Å². The molecule has 0 saturated heterocycles. The van der Waals surface area contributed by atoms with Crippen molar-refractivity contribution in [2.24, 2.45) is 0 Å². The summed E-state index contributed by atoms with van der Waals surface area (Å²) in [6.07, 6.45) is 0. The number of amides is 1. The second-order valence-corrected chi connectivity index (χ2v) is 8.16. The van der Waals surface area contributed by atoms with Crippen molar-refractivity contribution in [1.82, 2.24) is 10.2 Å². The second-order valence-electron chi connectivity index (χ2n) is 8.16. The maximum absolute atomic E-state index is 12.7. The smallest absolute Gasteiger partial charge is 0.251 e. The van der Waals surface area contributed by atoms with Crippen LogP contribution in [0.4, 0.5) is 0 Å². The lowest BCUT2D eigenvalue weighted by Gasteiger charge is -2.12. The zero-order valence-electron chi connectivity index (χ0n) is 18.3. The van der Waals surface area contributed by atoms with Gasteiger partial charge in [-0.25, -0.2) is 0 Å². The molecule has 4 rings (SSSR count). The summed E-state index contributed by atoms with van der Waals surface area (Å²) in [4.78, 5) is 14.9. The summed E-state index contributed by atoms with van der Waals surface area (Å²) in [5, 5.41) is 14.3. The van der Waals surface area contributed by atoms with E-state index in [0.717, 1.165) is 28.6 Å². The third kappa shape index (κ3) is 4.85. The molecule has 4 nitrogen and oxygen atoms in total. The van der Waals surface area contributed by atoms with Gasteiger partial charge in [-0.2, -0.15) is 5.26 Å². The molecule has 0 atom stereocenters. The number of hydrogen-bond acceptors (Lipinski definition) is 3. The fraction of sp³-hybridized carbons (Fsp3) is 0.143. The molecule has 0 aliphatic carbocycles. The topological polar surface area (TPSA) is 56.1 Å². The van der Waals surface area contributed by atoms with Gasteiger partial charge < -0.3 is 10.2 Å². The minimum Gasteiger partial charge on any atom is -0.348 e. The third-order valence-electron chi connectivity index (χ3n) is 5.47. The molecule has 4 aromatic carbocycles. The zero-order chi connectivity index (χ0) is 22.5. The van der Waals surface area contributed by atoms with Crippen molar-refractivity contribution in [2.45, 2.75) is 13.1 Å². The minimum absolute atomic E-state index is 0.0994. The van der Waals surface area contributed by atoms with E-state index in [1.165, 1.54) is 10.9 Å². The van der Waals surface area contributed by atoms with Crippen LogP contribution in [0.25, 0.3) is 21.9 Å². The normalized spacial score (nSPS) is 10.8. The summed E-state index contributed by atoms with van der Waals surface area (Å²) >= 11 is 0. The first-order chi connectivity index (χ1) is 15.5. The summed E-state index contributed by atoms with van der Waals surface area (Å²) < 4.78 is 0. The van der Waals surface area contributed by atoms with Gasteiger partial charge in [-0.15, -0.1) is 0 Å². The lowest BCUT2D eigenvalue weighted by atomic mass is 10.0. The van der Waals surface area contributed by atoms with Gasteiger partial charge in [0.2, 0.25) is 0 Å². The summed E-state index contributed by atoms with van der Waals surface area (Å²) in [7, 11) is 4.13. The van der Waals surface area contributed by atoms with Gasteiger partial charge in [-0.1, -0.05) is 54.6 Å². The number of nitrogens with one attached hydrogen (secondary N) is 1. The molecular formula is C28H25N3O. The van der Waals surface area contributed by atoms with Gasteiger partial charge in [-0.05, 0) is 77.5 Å². The highest BCUT2D eigenvalue weighted by atomic mass is 16.1. The number of carbonyl (C=O) groups excluding carboxylic acids is 1. The number of nitrogens with zero attached hydrogens (tertiary/aromatic N) is 2. The van der Waals surface area contributed by atoms with Gasteiger partial charge in [-0.3, -0.25) is 4.79 Å². The van der Waals surface area contributed by atoms with Crippen molar-refractivity contribution in [1.29, 1.82) is 5.26 Å². The molecule has 0 fully saturated rings. The van der Waals surface area contributed by atoms with E-state index in [2.05, 4.69) is 60.7 Å². The molecule has 0 heterocycles. The number of carbonyl (C=O) groups is 1. The van der Waals surface area contributed by atoms with Crippen LogP contribution in [0.2, 0.25) is 0 Å². The van der Waals surface area contributed by atoms with Crippen molar-refractivity contribution < 1.29 is 4.79 Å². The molecule has 0 aliphatic heterocycles. The number of nitriles is 1. The van der Waals surface area contributed by atoms with E-state index in [1.54, 1.807) is 12.1 Å². The van der Waals surface area contributed by atoms with E-state index < -0.39 is 0 Å². The molecule has 1 N–H and O–H groups in total. The lowest BCUT2D eigenvalue weighted by molar-refractivity contribution is 0.0951. The Labute approximate surface area is 188 Å². The average molecular weight is 420 g/mol. The van der Waals surface area contributed by atoms with Gasteiger partial charge >= 0.3 is 0 Å². The van der Waals surface area contributed by atoms with Crippen LogP contribution in [0.3, 0.4) is 0 Å². The van der Waals surface area contributed by atoms with Crippen molar-refractivity contribution in [3.05, 3.63) is 107 Å². The van der Waals surface area contributed by atoms with Crippen LogP contribution < -0.4 is 5.32 Å². The quantitative estimate of drug-likeness (QED) is 0.457. The first-order valence-corrected chi connectivity index (χ1v) is 10.6. The van der Waals surface area contributed by atoms with Crippen molar-refractivity contribution in [2.75, 3.05) is 14.1 Å². The Hall–Kier alpha value is -3.94. The van der Waals surface area contributed by atoms with Crippen LogP contribution in [0.15, 0.2) is 84.9 Å². The monoisotopic (exact) mass is 419 g/mol. The predicted octanol–water partition coefficient (Wildman–Crippen LogP) is 5.37. The van der Waals surface area contributed by atoms with E-state index in [-0.39, 0.29) is 5.91 Å². The zero-order valence-corrected chi connectivity index (χ0v) is 18.3. The number of rotatable bonds is 6. The van der Waals surface area contributed by atoms with Crippen LogP contribution in [-0.2, 0) is 13.1 Å². The maximum Gasteiger partial charge on any atom is 0.251 e. The van der Waals surface area contributed by atoms with Crippen molar-refractivity contribution in [3.8, 4) is 17.2 Å². The molecule has 4 heteroatoms. The highest BCUT2D eigenvalue weighted by molar-refractivity contribution is 5.95. The SMILES string of the molecule is CN(C)Cc1ccc2c(CNC(=O)c3ccc(-c4ccc(C#N)cc4)cc3)cccc2c1. The molecule has 32 heavy (non-hydrogen) atoms. The minimum atomic E-state index is -0.0994. The molecule has 0 aliphatic rings. The van der Waals surface area contributed by atoms with E-state index in [9.17, 15) is 4.79 Å². The second kappa shape index (κ2) is 9.47. The molecule has 0 unspecified atom stereocenters. The Morgan fingerprint density at radius 3 is 2.25 bits per heavy atom. The first-order valence-electron chi connectivity index (χ1n) is 10.6. The molecule has 4 aromatic rings. The molecule has 0 spiro atoms. The van der Waals surface area contributed by atoms with E-state index in [1.807, 2.05) is 42.5 Å². The summed E-state index contributed by atoms with van der Waals surface area (Å²) in [5.41, 5.74) is 5.64. The fourth-order valence-electron chi connectivity index (χ4n) is 3.85. The number of benzene rings is 4. The summed E-state index contributed by atoms with van der Waals surface area (Å²) in [6, 6.07) is 29.8. The van der Waals surface area contributed by atoms with Crippen LogP contribution in [0, 0.1) is 11.3 Å². The van der Waals surface area contributed by atoms with Gasteiger partial charge in [0.25, 0.3) is 5.91 Å². The van der Waals surface area contributed by atoms with Crippen LogP contribution in [-0.4, -0.2) is 24.9 Å². The maximum atomic E-state index is 12.7. The Kier molecular flexibility index (Phi) is 6.30. The Morgan fingerprint density at radius 1 is 0.906 bits per heavy atom. The number of hydrogen-bond donors (Lipinski definition) is 1. The highest BCUT2D eigenvalue weighted by Gasteiger charge is 2.08. The van der Waals surface area contributed by atoms with Crippen LogP contribution in [0.5, 0.6) is 0 Å². The van der Waals surface area contributed by atoms with E-state index in [0.29, 0.717) is 17.7 Å². The van der Waals surface area contributed by atoms with Crippen LogP contribution in [0.1, 0.15) is 27.0 Å². The predicted molar refractivity (Wildman–Crippen MR) is 129 cm³/mol. The van der Waals surface area contributed by atoms with Gasteiger partial charge in [0.1, 0.15) is 0 Å². The molecule has 0 saturated carbocycles. The molecule has 158 valence electrons. The Bertz CT molecular complexity index is 1280. The average Bonchev–Trinajstić information content (AvgIpc) is 2.82. The third-order valence-corrected chi connectivity index (χ3v) is 5.47. The Balaban J connectivity index is 1.45. The molecule has 0 bridgehead atoms. The van der Waals surface area contributed by atoms with Crippen LogP contribution >= 0.6 is 0 Å². The number of fused-ring (bicyclic) bond motifs is 1. The lowest BCUT2D eigenvalue weighted by Crippen LogP contribution is -2.22. The first kappa shape index (κ1) is 21.3. The molecule has 1 amide bonds. The highest BCUT2D eigenvalue weighted by Crippen LogP contribution is 2.22. The molecule has 0 radical (unpaired) electrons. The van der Waals surface area contributed by atoms with Crippen molar-refractivity contribution in [3.63, 3.8) is 0 Å². The molecule has 0 aromatic heterocycles. The standard InChI is InChI=1S/C28H25N3O/c1-31(2)19-21-8-15-27-25(16-21)4-3-5-26(27)18-30-28(32)24-13-11-23(12-14-24)22-9-6-20(17-29)7-10-22/h3-16H,18-19H2,1-2H3,(H,30,32).